The van der Waals surface area contributed by atoms with Crippen molar-refractivity contribution >= 4 is 0 Å². The van der Waals surface area contributed by atoms with Gasteiger partial charge in [-0.15, -0.1) is 0 Å². The molecule has 0 aromatic carbocycles. The maximum atomic E-state index is 5.84. The summed E-state index contributed by atoms with van der Waals surface area (Å²) in [5, 5.41) is 3.48. The van der Waals surface area contributed by atoms with Crippen LogP contribution >= 0.6 is 0 Å². The molecule has 0 radical (unpaired) electrons. The van der Waals surface area contributed by atoms with E-state index in [0.717, 1.165) is 31.4 Å². The van der Waals surface area contributed by atoms with Crippen LogP contribution in [0.3, 0.4) is 0 Å². The average Bonchev–Trinajstić information content (AvgIpc) is 3.03. The molecule has 20 heavy (non-hydrogen) atoms. The summed E-state index contributed by atoms with van der Waals surface area (Å²) in [6.07, 6.45) is 8.18. The number of hydrogen-bond acceptors (Lipinski definition) is 4. The van der Waals surface area contributed by atoms with Crippen molar-refractivity contribution in [3.05, 3.63) is 23.7 Å². The summed E-state index contributed by atoms with van der Waals surface area (Å²) in [6.45, 7) is 3.59. The SMILES string of the molecule is CN1CCCC1CCOCc1ccoc1CNC1CC1. The summed E-state index contributed by atoms with van der Waals surface area (Å²) < 4.78 is 11.4. The van der Waals surface area contributed by atoms with E-state index >= 15 is 0 Å². The van der Waals surface area contributed by atoms with E-state index in [1.54, 1.807) is 6.26 Å². The summed E-state index contributed by atoms with van der Waals surface area (Å²) in [4.78, 5) is 2.45. The molecule has 1 aromatic rings. The van der Waals surface area contributed by atoms with Crippen molar-refractivity contribution in [2.75, 3.05) is 20.2 Å². The van der Waals surface area contributed by atoms with Crippen molar-refractivity contribution in [3.63, 3.8) is 0 Å². The van der Waals surface area contributed by atoms with Crippen molar-refractivity contribution in [2.24, 2.45) is 0 Å². The molecule has 4 heteroatoms. The van der Waals surface area contributed by atoms with Gasteiger partial charge in [0.1, 0.15) is 5.76 Å². The largest absolute Gasteiger partial charge is 0.468 e. The topological polar surface area (TPSA) is 37.6 Å². The van der Waals surface area contributed by atoms with Crippen LogP contribution in [0.15, 0.2) is 16.7 Å². The fourth-order valence-corrected chi connectivity index (χ4v) is 2.92. The van der Waals surface area contributed by atoms with E-state index in [9.17, 15) is 0 Å². The van der Waals surface area contributed by atoms with Gasteiger partial charge >= 0.3 is 0 Å². The molecule has 1 aromatic heterocycles. The number of hydrogen-bond donors (Lipinski definition) is 1. The van der Waals surface area contributed by atoms with Gasteiger partial charge in [-0.2, -0.15) is 0 Å². The quantitative estimate of drug-likeness (QED) is 0.742. The molecule has 1 aliphatic carbocycles. The first-order valence-corrected chi connectivity index (χ1v) is 7.89. The van der Waals surface area contributed by atoms with Gasteiger partial charge in [-0.1, -0.05) is 0 Å². The normalized spacial score (nSPS) is 23.6. The smallest absolute Gasteiger partial charge is 0.123 e. The second-order valence-electron chi connectivity index (χ2n) is 6.14. The number of ether oxygens (including phenoxy) is 1. The Morgan fingerprint density at radius 1 is 1.40 bits per heavy atom. The number of nitrogens with zero attached hydrogens (tertiary/aromatic N) is 1. The Morgan fingerprint density at radius 2 is 2.30 bits per heavy atom. The van der Waals surface area contributed by atoms with Crippen molar-refractivity contribution in [3.8, 4) is 0 Å². The van der Waals surface area contributed by atoms with Gasteiger partial charge in [0, 0.05) is 24.3 Å². The second kappa shape index (κ2) is 6.74. The van der Waals surface area contributed by atoms with Crippen LogP contribution < -0.4 is 5.32 Å². The van der Waals surface area contributed by atoms with E-state index in [2.05, 4.69) is 17.3 Å². The Hall–Kier alpha value is -0.840. The molecule has 1 saturated heterocycles. The van der Waals surface area contributed by atoms with E-state index in [1.165, 1.54) is 37.8 Å². The standard InChI is InChI=1S/C16H26N2O2/c1-18-8-2-3-15(18)7-9-19-12-13-6-10-20-16(13)11-17-14-4-5-14/h6,10,14-15,17H,2-5,7-9,11-12H2,1H3. The molecule has 112 valence electrons. The van der Waals surface area contributed by atoms with Crippen LogP contribution in [0.25, 0.3) is 0 Å². The highest BCUT2D eigenvalue weighted by atomic mass is 16.5. The Kier molecular flexibility index (Phi) is 4.76. The molecule has 4 nitrogen and oxygen atoms in total. The van der Waals surface area contributed by atoms with Gasteiger partial charge in [0.05, 0.1) is 19.4 Å². The first-order valence-electron chi connectivity index (χ1n) is 7.89. The van der Waals surface area contributed by atoms with Gasteiger partial charge in [0.15, 0.2) is 0 Å². The molecule has 0 bridgehead atoms. The van der Waals surface area contributed by atoms with Crippen LogP contribution in [0.4, 0.5) is 0 Å². The third-order valence-electron chi connectivity index (χ3n) is 4.49. The average molecular weight is 278 g/mol. The monoisotopic (exact) mass is 278 g/mol. The highest BCUT2D eigenvalue weighted by molar-refractivity contribution is 5.16. The molecule has 2 aliphatic rings. The van der Waals surface area contributed by atoms with E-state index in [0.29, 0.717) is 12.6 Å². The minimum absolute atomic E-state index is 0.675. The van der Waals surface area contributed by atoms with Gasteiger partial charge in [-0.05, 0) is 51.8 Å². The fraction of sp³-hybridized carbons (Fsp3) is 0.750. The third kappa shape index (κ3) is 3.84. The molecule has 1 atom stereocenters. The molecule has 1 saturated carbocycles. The number of nitrogens with one attached hydrogen (secondary N) is 1. The summed E-state index contributed by atoms with van der Waals surface area (Å²) in [5.74, 6) is 1.04. The number of rotatable bonds is 8. The van der Waals surface area contributed by atoms with Gasteiger partial charge in [0.25, 0.3) is 0 Å². The zero-order valence-electron chi connectivity index (χ0n) is 12.4. The van der Waals surface area contributed by atoms with Crippen LogP contribution in [0, 0.1) is 0 Å². The summed E-state index contributed by atoms with van der Waals surface area (Å²) in [6, 6.07) is 3.47. The molecular formula is C16H26N2O2. The number of likely N-dealkylation sites (tertiary alicyclic amines) is 1. The van der Waals surface area contributed by atoms with Gasteiger partial charge < -0.3 is 19.4 Å². The molecule has 1 aliphatic heterocycles. The van der Waals surface area contributed by atoms with Gasteiger partial charge in [0.2, 0.25) is 0 Å². The Morgan fingerprint density at radius 3 is 3.05 bits per heavy atom. The number of furan rings is 1. The zero-order chi connectivity index (χ0) is 13.8. The Labute approximate surface area is 121 Å². The maximum absolute atomic E-state index is 5.84. The molecule has 2 heterocycles. The van der Waals surface area contributed by atoms with Gasteiger partial charge in [-0.3, -0.25) is 0 Å². The Balaban J connectivity index is 1.36. The van der Waals surface area contributed by atoms with Crippen LogP contribution in [0.2, 0.25) is 0 Å². The lowest BCUT2D eigenvalue weighted by Gasteiger charge is -2.18. The van der Waals surface area contributed by atoms with Crippen molar-refractivity contribution in [1.82, 2.24) is 10.2 Å². The fourth-order valence-electron chi connectivity index (χ4n) is 2.92. The summed E-state index contributed by atoms with van der Waals surface area (Å²) >= 11 is 0. The summed E-state index contributed by atoms with van der Waals surface area (Å²) in [5.41, 5.74) is 1.19. The maximum Gasteiger partial charge on any atom is 0.123 e. The first kappa shape index (κ1) is 14.1. The van der Waals surface area contributed by atoms with E-state index in [-0.39, 0.29) is 0 Å². The van der Waals surface area contributed by atoms with Crippen LogP contribution in [0.5, 0.6) is 0 Å². The molecule has 3 rings (SSSR count). The molecule has 0 spiro atoms. The van der Waals surface area contributed by atoms with Crippen LogP contribution in [0.1, 0.15) is 43.4 Å². The zero-order valence-corrected chi connectivity index (χ0v) is 12.4. The van der Waals surface area contributed by atoms with Crippen molar-refractivity contribution in [1.29, 1.82) is 0 Å². The predicted molar refractivity (Wildman–Crippen MR) is 78.5 cm³/mol. The molecule has 1 unspecified atom stereocenters. The highest BCUT2D eigenvalue weighted by Gasteiger charge is 2.22. The molecule has 0 amide bonds. The lowest BCUT2D eigenvalue weighted by Crippen LogP contribution is -2.26. The van der Waals surface area contributed by atoms with Crippen LogP contribution in [-0.4, -0.2) is 37.2 Å². The minimum atomic E-state index is 0.675. The molecular weight excluding hydrogens is 252 g/mol. The van der Waals surface area contributed by atoms with E-state index in [1.807, 2.05) is 6.07 Å². The van der Waals surface area contributed by atoms with Crippen LogP contribution in [-0.2, 0) is 17.9 Å². The molecule has 1 N–H and O–H groups in total. The molecule has 2 fully saturated rings. The first-order chi connectivity index (χ1) is 9.83. The second-order valence-corrected chi connectivity index (χ2v) is 6.14. The lowest BCUT2D eigenvalue weighted by atomic mass is 10.1. The van der Waals surface area contributed by atoms with E-state index in [4.69, 9.17) is 9.15 Å². The van der Waals surface area contributed by atoms with Crippen molar-refractivity contribution < 1.29 is 9.15 Å². The predicted octanol–water partition coefficient (Wildman–Crippen LogP) is 2.53. The lowest BCUT2D eigenvalue weighted by molar-refractivity contribution is 0.100. The van der Waals surface area contributed by atoms with E-state index < -0.39 is 0 Å². The Bertz CT molecular complexity index is 414. The summed E-state index contributed by atoms with van der Waals surface area (Å²) in [7, 11) is 2.22. The van der Waals surface area contributed by atoms with Gasteiger partial charge in [-0.25, -0.2) is 0 Å². The minimum Gasteiger partial charge on any atom is -0.468 e. The van der Waals surface area contributed by atoms with Crippen molar-refractivity contribution in [2.45, 2.75) is 57.3 Å². The highest BCUT2D eigenvalue weighted by Crippen LogP contribution is 2.21. The third-order valence-corrected chi connectivity index (χ3v) is 4.49.